The molecule has 5 heterocycles. The Morgan fingerprint density at radius 1 is 1.11 bits per heavy atom. The lowest BCUT2D eigenvalue weighted by Crippen LogP contribution is -2.81. The largest absolute Gasteiger partial charge is 0.371 e. The number of nitrogens with zero attached hydrogens (tertiary/aromatic N) is 1. The molecule has 6 heteroatoms. The molecule has 6 aliphatic rings. The van der Waals surface area contributed by atoms with Gasteiger partial charge in [-0.15, -0.1) is 0 Å². The third kappa shape index (κ3) is 1.38. The fourth-order valence-corrected chi connectivity index (χ4v) is 7.02. The third-order valence-electron chi connectivity index (χ3n) is 8.43. The normalized spacial score (nSPS) is 42.8. The van der Waals surface area contributed by atoms with Gasteiger partial charge in [-0.1, -0.05) is 26.0 Å². The van der Waals surface area contributed by atoms with E-state index in [1.807, 2.05) is 29.2 Å². The van der Waals surface area contributed by atoms with Crippen LogP contribution in [0.2, 0.25) is 0 Å². The minimum absolute atomic E-state index is 0.0198. The molecule has 6 nitrogen and oxygen atoms in total. The minimum Gasteiger partial charge on any atom is -0.371 e. The molecule has 4 saturated heterocycles. The summed E-state index contributed by atoms with van der Waals surface area (Å²) in [4.78, 5) is 42.0. The van der Waals surface area contributed by atoms with Crippen LogP contribution in [-0.4, -0.2) is 45.7 Å². The molecule has 1 aromatic carbocycles. The maximum absolute atomic E-state index is 13.6. The summed E-state index contributed by atoms with van der Waals surface area (Å²) in [5.41, 5.74) is -1.49. The Balaban J connectivity index is 1.55. The maximum Gasteiger partial charge on any atom is 0.249 e. The smallest absolute Gasteiger partial charge is 0.249 e. The molecule has 3 spiro atoms. The molecule has 1 aliphatic carbocycles. The van der Waals surface area contributed by atoms with E-state index in [9.17, 15) is 14.4 Å². The van der Waals surface area contributed by atoms with Crippen LogP contribution in [0, 0.1) is 11.3 Å². The van der Waals surface area contributed by atoms with E-state index in [1.165, 1.54) is 0 Å². The molecule has 0 radical (unpaired) electrons. The molecule has 5 aliphatic heterocycles. The third-order valence-corrected chi connectivity index (χ3v) is 8.43. The monoisotopic (exact) mass is 365 g/mol. The molecular formula is C21H23N3O3. The Hall–Kier alpha value is -2.37. The number of anilines is 1. The first-order valence-corrected chi connectivity index (χ1v) is 9.85. The number of Topliss-reactive ketones (excluding diaryl/α,β-unsaturated/α-hetero) is 1. The number of ketones is 1. The van der Waals surface area contributed by atoms with Crippen molar-refractivity contribution in [2.24, 2.45) is 11.3 Å². The Morgan fingerprint density at radius 3 is 2.67 bits per heavy atom. The molecule has 0 aromatic heterocycles. The number of carbonyl (C=O) groups excluding carboxylic acids is 3. The van der Waals surface area contributed by atoms with Crippen molar-refractivity contribution in [2.45, 2.75) is 56.1 Å². The lowest BCUT2D eigenvalue weighted by molar-refractivity contribution is -0.175. The number of benzene rings is 1. The standard InChI is InChI=1S/C21H23N3O3/c1-18(2)14-10-19-8-5-9-24(19)17(27)20(14,23-16(19)26)11-21(18)15(25)12-6-3-4-7-13(12)22-21/h3-4,6-7,14,22H,5,8-11H2,1-2H3,(H,23,26)/t14-,19-,20-,21+/m0/s1. The number of hydrogen-bond donors (Lipinski definition) is 2. The van der Waals surface area contributed by atoms with Crippen molar-refractivity contribution >= 4 is 23.3 Å². The zero-order chi connectivity index (χ0) is 18.8. The molecule has 1 saturated carbocycles. The molecule has 4 atom stereocenters. The summed E-state index contributed by atoms with van der Waals surface area (Å²) in [6.45, 7) is 4.84. The average Bonchev–Trinajstić information content (AvgIpc) is 3.24. The number of carbonyl (C=O) groups is 3. The van der Waals surface area contributed by atoms with Crippen LogP contribution in [0.3, 0.4) is 0 Å². The van der Waals surface area contributed by atoms with E-state index in [-0.39, 0.29) is 23.5 Å². The highest BCUT2D eigenvalue weighted by Gasteiger charge is 2.80. The highest BCUT2D eigenvalue weighted by atomic mass is 16.2. The van der Waals surface area contributed by atoms with Gasteiger partial charge in [0.25, 0.3) is 0 Å². The summed E-state index contributed by atoms with van der Waals surface area (Å²) in [6, 6.07) is 7.56. The second-order valence-electron chi connectivity index (χ2n) is 9.58. The van der Waals surface area contributed by atoms with Crippen LogP contribution in [-0.2, 0) is 9.59 Å². The van der Waals surface area contributed by atoms with Crippen molar-refractivity contribution in [3.05, 3.63) is 29.8 Å². The van der Waals surface area contributed by atoms with Crippen molar-refractivity contribution in [1.82, 2.24) is 10.2 Å². The minimum atomic E-state index is -0.975. The zero-order valence-electron chi connectivity index (χ0n) is 15.6. The molecule has 7 rings (SSSR count). The number of amides is 2. The fourth-order valence-electron chi connectivity index (χ4n) is 7.02. The molecular weight excluding hydrogens is 342 g/mol. The van der Waals surface area contributed by atoms with Gasteiger partial charge >= 0.3 is 0 Å². The van der Waals surface area contributed by atoms with Crippen LogP contribution >= 0.6 is 0 Å². The van der Waals surface area contributed by atoms with Gasteiger partial charge in [0.1, 0.15) is 16.6 Å². The van der Waals surface area contributed by atoms with Crippen molar-refractivity contribution < 1.29 is 14.4 Å². The van der Waals surface area contributed by atoms with Crippen LogP contribution in [0.5, 0.6) is 0 Å². The Kier molecular flexibility index (Phi) is 2.44. The predicted octanol–water partition coefficient (Wildman–Crippen LogP) is 1.71. The summed E-state index contributed by atoms with van der Waals surface area (Å²) in [6.07, 6.45) is 2.57. The quantitative estimate of drug-likeness (QED) is 0.734. The Morgan fingerprint density at radius 2 is 1.89 bits per heavy atom. The van der Waals surface area contributed by atoms with Crippen LogP contribution in [0.25, 0.3) is 0 Å². The van der Waals surface area contributed by atoms with Gasteiger partial charge in [0, 0.05) is 35.5 Å². The van der Waals surface area contributed by atoms with Crippen LogP contribution in [0.4, 0.5) is 5.69 Å². The summed E-state index contributed by atoms with van der Waals surface area (Å²) in [5.74, 6) is -0.0108. The topological polar surface area (TPSA) is 78.5 Å². The van der Waals surface area contributed by atoms with E-state index in [0.29, 0.717) is 24.9 Å². The molecule has 0 unspecified atom stereocenters. The molecule has 2 bridgehead atoms. The van der Waals surface area contributed by atoms with Crippen LogP contribution in [0.1, 0.15) is 49.9 Å². The van der Waals surface area contributed by atoms with Gasteiger partial charge < -0.3 is 15.5 Å². The van der Waals surface area contributed by atoms with Gasteiger partial charge in [-0.25, -0.2) is 0 Å². The highest BCUT2D eigenvalue weighted by Crippen LogP contribution is 2.66. The molecule has 2 N–H and O–H groups in total. The van der Waals surface area contributed by atoms with Crippen molar-refractivity contribution in [3.8, 4) is 0 Å². The second kappa shape index (κ2) is 4.21. The number of para-hydroxylation sites is 1. The predicted molar refractivity (Wildman–Crippen MR) is 98.2 cm³/mol. The van der Waals surface area contributed by atoms with Crippen LogP contribution in [0.15, 0.2) is 24.3 Å². The van der Waals surface area contributed by atoms with E-state index in [4.69, 9.17) is 0 Å². The van der Waals surface area contributed by atoms with Crippen LogP contribution < -0.4 is 10.6 Å². The molecule has 27 heavy (non-hydrogen) atoms. The first-order valence-electron chi connectivity index (χ1n) is 9.85. The van der Waals surface area contributed by atoms with E-state index in [2.05, 4.69) is 24.5 Å². The maximum atomic E-state index is 13.6. The first kappa shape index (κ1) is 15.7. The highest BCUT2D eigenvalue weighted by molar-refractivity contribution is 6.16. The number of nitrogens with one attached hydrogen (secondary N) is 2. The molecule has 1 aromatic rings. The van der Waals surface area contributed by atoms with E-state index >= 15 is 0 Å². The van der Waals surface area contributed by atoms with Crippen molar-refractivity contribution in [2.75, 3.05) is 11.9 Å². The number of piperazine rings is 1. The lowest BCUT2D eigenvalue weighted by Gasteiger charge is -2.58. The summed E-state index contributed by atoms with van der Waals surface area (Å²) >= 11 is 0. The molecule has 5 fully saturated rings. The SMILES string of the molecule is CC1(C)[C@@H]2C[C@]34CCCN3C(=O)[C@@]2(C[C@]12Nc1ccccc1C2=O)NC4=O. The van der Waals surface area contributed by atoms with E-state index in [0.717, 1.165) is 18.5 Å². The van der Waals surface area contributed by atoms with Crippen molar-refractivity contribution in [1.29, 1.82) is 0 Å². The van der Waals surface area contributed by atoms with Gasteiger partial charge in [-0.2, -0.15) is 0 Å². The van der Waals surface area contributed by atoms with Gasteiger partial charge in [-0.05, 0) is 31.4 Å². The number of piperidine rings is 2. The van der Waals surface area contributed by atoms with Gasteiger partial charge in [0.2, 0.25) is 11.8 Å². The first-order chi connectivity index (χ1) is 12.8. The average molecular weight is 365 g/mol. The second-order valence-corrected chi connectivity index (χ2v) is 9.58. The van der Waals surface area contributed by atoms with E-state index < -0.39 is 22.0 Å². The van der Waals surface area contributed by atoms with Gasteiger partial charge in [0.05, 0.1) is 0 Å². The Bertz CT molecular complexity index is 956. The number of fused-ring (bicyclic) bond motifs is 2. The number of hydrogen-bond acceptors (Lipinski definition) is 4. The molecule has 2 amide bonds. The Labute approximate surface area is 157 Å². The van der Waals surface area contributed by atoms with Gasteiger partial charge in [-0.3, -0.25) is 14.4 Å². The van der Waals surface area contributed by atoms with E-state index in [1.54, 1.807) is 0 Å². The summed E-state index contributed by atoms with van der Waals surface area (Å²) in [7, 11) is 0. The molecule has 140 valence electrons. The zero-order valence-corrected chi connectivity index (χ0v) is 15.6. The summed E-state index contributed by atoms with van der Waals surface area (Å²) in [5, 5.41) is 6.65. The number of rotatable bonds is 0. The summed E-state index contributed by atoms with van der Waals surface area (Å²) < 4.78 is 0. The van der Waals surface area contributed by atoms with Gasteiger partial charge in [0.15, 0.2) is 5.78 Å². The fraction of sp³-hybridized carbons (Fsp3) is 0.571. The lowest BCUT2D eigenvalue weighted by atomic mass is 9.59. The van der Waals surface area contributed by atoms with Crippen molar-refractivity contribution in [3.63, 3.8) is 0 Å².